The molecule has 0 aliphatic heterocycles. The maximum atomic E-state index is 12.3. The third kappa shape index (κ3) is 4.41. The molecule has 0 radical (unpaired) electrons. The van der Waals surface area contributed by atoms with Crippen LogP contribution in [0.5, 0.6) is 0 Å². The van der Waals surface area contributed by atoms with Crippen molar-refractivity contribution in [2.75, 3.05) is 0 Å². The maximum Gasteiger partial charge on any atom is 0.220 e. The molecule has 0 atom stereocenters. The standard InChI is InChI=1S/C25H28N2O/c1-18-7-5-6-10-23(18)20-12-13-24-21(16-20)15-19(17-26-24)11-14-25(28)27-22-8-3-2-4-9-22/h5-7,10,12-13,15-17,22H,2-4,8-9,11,14H2,1H3,(H,27,28). The normalized spacial score (nSPS) is 14.9. The smallest absolute Gasteiger partial charge is 0.220 e. The number of carbonyl (C=O) groups excluding carboxylic acids is 1. The number of nitrogens with one attached hydrogen (secondary N) is 1. The molecule has 0 spiro atoms. The van der Waals surface area contributed by atoms with Crippen LogP contribution in [0.4, 0.5) is 0 Å². The summed E-state index contributed by atoms with van der Waals surface area (Å²) in [4.78, 5) is 16.9. The van der Waals surface area contributed by atoms with Gasteiger partial charge in [-0.2, -0.15) is 0 Å². The first-order valence-electron chi connectivity index (χ1n) is 10.4. The van der Waals surface area contributed by atoms with E-state index >= 15 is 0 Å². The summed E-state index contributed by atoms with van der Waals surface area (Å²) in [5.74, 6) is 0.167. The molecular weight excluding hydrogens is 344 g/mol. The van der Waals surface area contributed by atoms with E-state index in [1.807, 2.05) is 6.20 Å². The van der Waals surface area contributed by atoms with E-state index in [4.69, 9.17) is 0 Å². The number of amides is 1. The van der Waals surface area contributed by atoms with E-state index in [1.165, 1.54) is 36.0 Å². The summed E-state index contributed by atoms with van der Waals surface area (Å²) in [7, 11) is 0. The minimum atomic E-state index is 0.167. The van der Waals surface area contributed by atoms with Gasteiger partial charge in [0.15, 0.2) is 0 Å². The predicted molar refractivity (Wildman–Crippen MR) is 115 cm³/mol. The van der Waals surface area contributed by atoms with E-state index in [2.05, 4.69) is 65.8 Å². The van der Waals surface area contributed by atoms with Crippen LogP contribution in [0.3, 0.4) is 0 Å². The van der Waals surface area contributed by atoms with Crippen molar-refractivity contribution < 1.29 is 4.79 Å². The van der Waals surface area contributed by atoms with Crippen molar-refractivity contribution in [3.8, 4) is 11.1 Å². The number of pyridine rings is 1. The minimum Gasteiger partial charge on any atom is -0.353 e. The summed E-state index contributed by atoms with van der Waals surface area (Å²) >= 11 is 0. The third-order valence-corrected chi connectivity index (χ3v) is 5.80. The van der Waals surface area contributed by atoms with Gasteiger partial charge in [0, 0.05) is 24.0 Å². The molecule has 3 aromatic rings. The van der Waals surface area contributed by atoms with Gasteiger partial charge in [-0.1, -0.05) is 49.6 Å². The van der Waals surface area contributed by atoms with E-state index in [9.17, 15) is 4.79 Å². The molecule has 1 aromatic heterocycles. The molecule has 3 nitrogen and oxygen atoms in total. The van der Waals surface area contributed by atoms with Gasteiger partial charge in [-0.15, -0.1) is 0 Å². The number of nitrogens with zero attached hydrogens (tertiary/aromatic N) is 1. The summed E-state index contributed by atoms with van der Waals surface area (Å²) in [6, 6.07) is 17.4. The Kier molecular flexibility index (Phi) is 5.70. The second-order valence-electron chi connectivity index (χ2n) is 7.97. The maximum absolute atomic E-state index is 12.3. The van der Waals surface area contributed by atoms with Gasteiger partial charge in [-0.25, -0.2) is 0 Å². The summed E-state index contributed by atoms with van der Waals surface area (Å²) < 4.78 is 0. The van der Waals surface area contributed by atoms with Crippen LogP contribution in [0.25, 0.3) is 22.0 Å². The molecule has 1 aliphatic carbocycles. The first-order valence-corrected chi connectivity index (χ1v) is 10.4. The van der Waals surface area contributed by atoms with Crippen molar-refractivity contribution in [1.29, 1.82) is 0 Å². The van der Waals surface area contributed by atoms with E-state index in [1.54, 1.807) is 0 Å². The van der Waals surface area contributed by atoms with E-state index < -0.39 is 0 Å². The molecule has 0 unspecified atom stereocenters. The molecule has 1 amide bonds. The van der Waals surface area contributed by atoms with Gasteiger partial charge >= 0.3 is 0 Å². The lowest BCUT2D eigenvalue weighted by Crippen LogP contribution is -2.36. The van der Waals surface area contributed by atoms with Gasteiger partial charge in [0.2, 0.25) is 5.91 Å². The van der Waals surface area contributed by atoms with Crippen molar-refractivity contribution in [1.82, 2.24) is 10.3 Å². The zero-order valence-electron chi connectivity index (χ0n) is 16.6. The fraction of sp³-hybridized carbons (Fsp3) is 0.360. The van der Waals surface area contributed by atoms with Gasteiger partial charge in [0.05, 0.1) is 5.52 Å². The topological polar surface area (TPSA) is 42.0 Å². The molecule has 144 valence electrons. The van der Waals surface area contributed by atoms with Gasteiger partial charge < -0.3 is 5.32 Å². The first-order chi connectivity index (χ1) is 13.7. The molecule has 4 rings (SSSR count). The van der Waals surface area contributed by atoms with Crippen molar-refractivity contribution >= 4 is 16.8 Å². The number of aryl methyl sites for hydroxylation is 2. The number of benzene rings is 2. The molecule has 1 fully saturated rings. The molecule has 3 heteroatoms. The number of hydrogen-bond acceptors (Lipinski definition) is 2. The largest absolute Gasteiger partial charge is 0.353 e. The van der Waals surface area contributed by atoms with Gasteiger partial charge in [0.25, 0.3) is 0 Å². The Morgan fingerprint density at radius 2 is 1.89 bits per heavy atom. The Morgan fingerprint density at radius 3 is 2.71 bits per heavy atom. The molecule has 0 saturated heterocycles. The molecule has 1 saturated carbocycles. The lowest BCUT2D eigenvalue weighted by atomic mass is 9.95. The van der Waals surface area contributed by atoms with Crippen LogP contribution in [0.2, 0.25) is 0 Å². The average molecular weight is 373 g/mol. The van der Waals surface area contributed by atoms with E-state index in [-0.39, 0.29) is 5.91 Å². The second kappa shape index (κ2) is 8.55. The van der Waals surface area contributed by atoms with Crippen molar-refractivity contribution in [2.45, 2.75) is 57.9 Å². The van der Waals surface area contributed by atoms with Crippen LogP contribution in [0, 0.1) is 6.92 Å². The zero-order chi connectivity index (χ0) is 19.3. The lowest BCUT2D eigenvalue weighted by Gasteiger charge is -2.22. The van der Waals surface area contributed by atoms with Gasteiger partial charge in [-0.05, 0) is 66.6 Å². The summed E-state index contributed by atoms with van der Waals surface area (Å²) in [5.41, 5.74) is 5.84. The average Bonchev–Trinajstić information content (AvgIpc) is 2.73. The predicted octanol–water partition coefficient (Wildman–Crippen LogP) is 5.59. The first kappa shape index (κ1) is 18.7. The highest BCUT2D eigenvalue weighted by molar-refractivity contribution is 5.85. The lowest BCUT2D eigenvalue weighted by molar-refractivity contribution is -0.121. The summed E-state index contributed by atoms with van der Waals surface area (Å²) in [5, 5.41) is 4.33. The number of carbonyl (C=O) groups is 1. The zero-order valence-corrected chi connectivity index (χ0v) is 16.6. The highest BCUT2D eigenvalue weighted by Gasteiger charge is 2.15. The Labute approximate surface area is 167 Å². The Balaban J connectivity index is 1.46. The van der Waals surface area contributed by atoms with E-state index in [0.29, 0.717) is 12.5 Å². The molecule has 2 aromatic carbocycles. The van der Waals surface area contributed by atoms with E-state index in [0.717, 1.165) is 35.7 Å². The minimum absolute atomic E-state index is 0.167. The number of fused-ring (bicyclic) bond motifs is 1. The van der Waals surface area contributed by atoms with Crippen molar-refractivity contribution in [3.05, 3.63) is 65.9 Å². The number of aromatic nitrogens is 1. The molecule has 28 heavy (non-hydrogen) atoms. The molecule has 1 heterocycles. The Bertz CT molecular complexity index is 973. The van der Waals surface area contributed by atoms with Crippen molar-refractivity contribution in [2.24, 2.45) is 0 Å². The number of hydrogen-bond donors (Lipinski definition) is 1. The van der Waals surface area contributed by atoms with Gasteiger partial charge in [0.1, 0.15) is 0 Å². The fourth-order valence-electron chi connectivity index (χ4n) is 4.18. The molecular formula is C25H28N2O. The highest BCUT2D eigenvalue weighted by atomic mass is 16.1. The summed E-state index contributed by atoms with van der Waals surface area (Å²) in [6.07, 6.45) is 9.21. The van der Waals surface area contributed by atoms with Crippen LogP contribution in [0.15, 0.2) is 54.7 Å². The fourth-order valence-corrected chi connectivity index (χ4v) is 4.18. The van der Waals surface area contributed by atoms with Crippen LogP contribution >= 0.6 is 0 Å². The van der Waals surface area contributed by atoms with Crippen molar-refractivity contribution in [3.63, 3.8) is 0 Å². The molecule has 1 aliphatic rings. The molecule has 0 bridgehead atoms. The number of rotatable bonds is 5. The second-order valence-corrected chi connectivity index (χ2v) is 7.97. The Morgan fingerprint density at radius 1 is 1.07 bits per heavy atom. The highest BCUT2D eigenvalue weighted by Crippen LogP contribution is 2.27. The van der Waals surface area contributed by atoms with Gasteiger partial charge in [-0.3, -0.25) is 9.78 Å². The Hall–Kier alpha value is -2.68. The third-order valence-electron chi connectivity index (χ3n) is 5.80. The van der Waals surface area contributed by atoms with Crippen LogP contribution in [0.1, 0.15) is 49.7 Å². The monoisotopic (exact) mass is 372 g/mol. The summed E-state index contributed by atoms with van der Waals surface area (Å²) in [6.45, 7) is 2.14. The van der Waals surface area contributed by atoms with Crippen LogP contribution in [-0.4, -0.2) is 16.9 Å². The van der Waals surface area contributed by atoms with Crippen LogP contribution in [-0.2, 0) is 11.2 Å². The quantitative estimate of drug-likeness (QED) is 0.634. The molecule has 1 N–H and O–H groups in total. The SMILES string of the molecule is Cc1ccccc1-c1ccc2ncc(CCC(=O)NC3CCCCC3)cc2c1. The van der Waals surface area contributed by atoms with Crippen LogP contribution < -0.4 is 5.32 Å².